The van der Waals surface area contributed by atoms with E-state index >= 15 is 0 Å². The minimum atomic E-state index is -3.53. The van der Waals surface area contributed by atoms with Crippen LogP contribution in [0.15, 0.2) is 54.6 Å². The highest BCUT2D eigenvalue weighted by Gasteiger charge is 2.29. The number of rotatable bonds is 13. The van der Waals surface area contributed by atoms with Crippen molar-refractivity contribution in [1.29, 1.82) is 0 Å². The molecule has 9 heteroatoms. The topological polar surface area (TPSA) is 86.8 Å². The third-order valence-corrected chi connectivity index (χ3v) is 6.73. The highest BCUT2D eigenvalue weighted by atomic mass is 32.2. The minimum absolute atomic E-state index is 0.0635. The van der Waals surface area contributed by atoms with Crippen LogP contribution < -0.4 is 9.62 Å². The van der Waals surface area contributed by atoms with Gasteiger partial charge in [0.25, 0.3) is 0 Å². The summed E-state index contributed by atoms with van der Waals surface area (Å²) < 4.78 is 39.3. The average molecular weight is 506 g/mol. The molecule has 0 unspecified atom stereocenters. The van der Waals surface area contributed by atoms with Gasteiger partial charge in [0.05, 0.1) is 11.9 Å². The highest BCUT2D eigenvalue weighted by molar-refractivity contribution is 7.92. The number of carbonyl (C=O) groups excluding carboxylic acids is 2. The molecule has 35 heavy (non-hydrogen) atoms. The molecule has 0 aliphatic carbocycles. The second kappa shape index (κ2) is 13.2. The zero-order valence-electron chi connectivity index (χ0n) is 20.9. The lowest BCUT2D eigenvalue weighted by molar-refractivity contribution is -0.141. The Morgan fingerprint density at radius 1 is 1.03 bits per heavy atom. The SMILES string of the molecule is CC[C@H](C(=O)NCC(C)C)N(Cc1ccc(F)cc1)C(=O)CCCN(c1ccccc1)S(C)(=O)=O. The van der Waals surface area contributed by atoms with Gasteiger partial charge in [0, 0.05) is 26.1 Å². The van der Waals surface area contributed by atoms with Gasteiger partial charge < -0.3 is 10.2 Å². The minimum Gasteiger partial charge on any atom is -0.354 e. The van der Waals surface area contributed by atoms with Gasteiger partial charge in [-0.05, 0) is 48.6 Å². The summed E-state index contributed by atoms with van der Waals surface area (Å²) in [7, 11) is -3.53. The summed E-state index contributed by atoms with van der Waals surface area (Å²) in [4.78, 5) is 27.8. The van der Waals surface area contributed by atoms with Crippen LogP contribution in [-0.4, -0.2) is 50.5 Å². The van der Waals surface area contributed by atoms with Gasteiger partial charge in [0.1, 0.15) is 11.9 Å². The number of anilines is 1. The Morgan fingerprint density at radius 3 is 2.20 bits per heavy atom. The van der Waals surface area contributed by atoms with Gasteiger partial charge in [-0.3, -0.25) is 13.9 Å². The van der Waals surface area contributed by atoms with E-state index in [0.29, 0.717) is 24.2 Å². The summed E-state index contributed by atoms with van der Waals surface area (Å²) >= 11 is 0. The highest BCUT2D eigenvalue weighted by Crippen LogP contribution is 2.19. The molecule has 1 atom stereocenters. The Bertz CT molecular complexity index is 1060. The third kappa shape index (κ3) is 8.98. The molecule has 1 N–H and O–H groups in total. The lowest BCUT2D eigenvalue weighted by Crippen LogP contribution is -2.49. The summed E-state index contributed by atoms with van der Waals surface area (Å²) in [5.74, 6) is -0.617. The number of para-hydroxylation sites is 1. The van der Waals surface area contributed by atoms with Crippen molar-refractivity contribution in [2.75, 3.05) is 23.7 Å². The first-order valence-electron chi connectivity index (χ1n) is 11.9. The van der Waals surface area contributed by atoms with Crippen LogP contribution in [0.3, 0.4) is 0 Å². The van der Waals surface area contributed by atoms with Gasteiger partial charge in [0.2, 0.25) is 21.8 Å². The van der Waals surface area contributed by atoms with E-state index in [0.717, 1.165) is 6.26 Å². The second-order valence-corrected chi connectivity index (χ2v) is 10.9. The number of halogens is 1. The van der Waals surface area contributed by atoms with Crippen molar-refractivity contribution in [2.24, 2.45) is 5.92 Å². The first kappa shape index (κ1) is 28.3. The summed E-state index contributed by atoms with van der Waals surface area (Å²) in [5, 5.41) is 2.90. The first-order valence-corrected chi connectivity index (χ1v) is 13.7. The summed E-state index contributed by atoms with van der Waals surface area (Å²) in [6.45, 7) is 6.60. The van der Waals surface area contributed by atoms with E-state index in [9.17, 15) is 22.4 Å². The van der Waals surface area contributed by atoms with Gasteiger partial charge in [0.15, 0.2) is 0 Å². The molecular weight excluding hydrogens is 469 g/mol. The van der Waals surface area contributed by atoms with E-state index in [4.69, 9.17) is 0 Å². The van der Waals surface area contributed by atoms with Crippen LogP contribution in [0.5, 0.6) is 0 Å². The normalized spacial score (nSPS) is 12.3. The largest absolute Gasteiger partial charge is 0.354 e. The van der Waals surface area contributed by atoms with E-state index in [-0.39, 0.29) is 49.5 Å². The Morgan fingerprint density at radius 2 is 1.66 bits per heavy atom. The zero-order valence-corrected chi connectivity index (χ0v) is 21.7. The van der Waals surface area contributed by atoms with Crippen molar-refractivity contribution in [3.05, 3.63) is 66.0 Å². The molecule has 0 fully saturated rings. The molecule has 7 nitrogen and oxygen atoms in total. The molecule has 0 radical (unpaired) electrons. The Balaban J connectivity index is 2.18. The van der Waals surface area contributed by atoms with Crippen LogP contribution >= 0.6 is 0 Å². The first-order chi connectivity index (χ1) is 16.5. The van der Waals surface area contributed by atoms with Crippen molar-refractivity contribution >= 4 is 27.5 Å². The van der Waals surface area contributed by atoms with Gasteiger partial charge in [-0.15, -0.1) is 0 Å². The molecular formula is C26H36FN3O4S. The number of carbonyl (C=O) groups is 2. The number of nitrogens with zero attached hydrogens (tertiary/aromatic N) is 2. The van der Waals surface area contributed by atoms with Crippen LogP contribution in [0, 0.1) is 11.7 Å². The van der Waals surface area contributed by atoms with Gasteiger partial charge in [-0.2, -0.15) is 0 Å². The van der Waals surface area contributed by atoms with Crippen molar-refractivity contribution in [2.45, 2.75) is 52.6 Å². The van der Waals surface area contributed by atoms with Crippen LogP contribution in [-0.2, 0) is 26.2 Å². The van der Waals surface area contributed by atoms with Gasteiger partial charge in [-0.25, -0.2) is 12.8 Å². The van der Waals surface area contributed by atoms with Crippen molar-refractivity contribution in [1.82, 2.24) is 10.2 Å². The molecule has 2 amide bonds. The molecule has 0 heterocycles. The fraction of sp³-hybridized carbons (Fsp3) is 0.462. The second-order valence-electron chi connectivity index (χ2n) is 8.99. The van der Waals surface area contributed by atoms with Crippen LogP contribution in [0.2, 0.25) is 0 Å². The number of nitrogens with one attached hydrogen (secondary N) is 1. The molecule has 2 rings (SSSR count). The maximum absolute atomic E-state index is 13.4. The van der Waals surface area contributed by atoms with Gasteiger partial charge >= 0.3 is 0 Å². The predicted octanol–water partition coefficient (Wildman–Crippen LogP) is 3.95. The maximum atomic E-state index is 13.4. The summed E-state index contributed by atoms with van der Waals surface area (Å²) in [5.41, 5.74) is 1.24. The van der Waals surface area contributed by atoms with E-state index in [1.807, 2.05) is 20.8 Å². The Kier molecular flexibility index (Phi) is 10.7. The Hall–Kier alpha value is -2.94. The maximum Gasteiger partial charge on any atom is 0.242 e. The van der Waals surface area contributed by atoms with Gasteiger partial charge in [-0.1, -0.05) is 51.1 Å². The lowest BCUT2D eigenvalue weighted by atomic mass is 10.1. The summed E-state index contributed by atoms with van der Waals surface area (Å²) in [6.07, 6.45) is 1.89. The number of hydrogen-bond acceptors (Lipinski definition) is 4. The van der Waals surface area contributed by atoms with E-state index in [1.54, 1.807) is 42.5 Å². The number of sulfonamides is 1. The molecule has 0 saturated heterocycles. The molecule has 0 bridgehead atoms. The standard InChI is InChI=1S/C26H36FN3O4S/c1-5-24(26(32)28-18-20(2)3)29(19-21-13-15-22(27)16-14-21)25(31)12-9-17-30(35(4,33)34)23-10-7-6-8-11-23/h6-8,10-11,13-16,20,24H,5,9,12,17-19H2,1-4H3,(H,28,32)/t24-/m1/s1. The zero-order chi connectivity index (χ0) is 26.0. The molecule has 2 aromatic carbocycles. The quantitative estimate of drug-likeness (QED) is 0.447. The molecule has 0 aliphatic heterocycles. The number of benzene rings is 2. The van der Waals surface area contributed by atoms with Crippen molar-refractivity contribution < 1.29 is 22.4 Å². The fourth-order valence-corrected chi connectivity index (χ4v) is 4.69. The number of hydrogen-bond donors (Lipinski definition) is 1. The van der Waals surface area contributed by atoms with Crippen LogP contribution in [0.1, 0.15) is 45.6 Å². The predicted molar refractivity (Wildman–Crippen MR) is 137 cm³/mol. The lowest BCUT2D eigenvalue weighted by Gasteiger charge is -2.31. The molecule has 0 aromatic heterocycles. The van der Waals surface area contributed by atoms with E-state index in [2.05, 4.69) is 5.32 Å². The van der Waals surface area contributed by atoms with Crippen molar-refractivity contribution in [3.8, 4) is 0 Å². The Labute approximate surface area is 208 Å². The molecule has 0 spiro atoms. The van der Waals surface area contributed by atoms with E-state index < -0.39 is 16.1 Å². The summed E-state index contributed by atoms with van der Waals surface area (Å²) in [6, 6.07) is 13.9. The molecule has 0 aliphatic rings. The average Bonchev–Trinajstić information content (AvgIpc) is 2.81. The van der Waals surface area contributed by atoms with Crippen LogP contribution in [0.25, 0.3) is 0 Å². The molecule has 2 aromatic rings. The smallest absolute Gasteiger partial charge is 0.242 e. The monoisotopic (exact) mass is 505 g/mol. The van der Waals surface area contributed by atoms with Crippen LogP contribution in [0.4, 0.5) is 10.1 Å². The molecule has 0 saturated carbocycles. The third-order valence-electron chi connectivity index (χ3n) is 5.53. The molecule has 192 valence electrons. The van der Waals surface area contributed by atoms with E-state index in [1.165, 1.54) is 21.3 Å². The number of amides is 2. The fourth-order valence-electron chi connectivity index (χ4n) is 3.73. The van der Waals surface area contributed by atoms with Crippen molar-refractivity contribution in [3.63, 3.8) is 0 Å².